The van der Waals surface area contributed by atoms with Crippen LogP contribution in [0.1, 0.15) is 69.2 Å². The van der Waals surface area contributed by atoms with Crippen molar-refractivity contribution in [3.05, 3.63) is 41.5 Å². The van der Waals surface area contributed by atoms with Crippen molar-refractivity contribution in [2.45, 2.75) is 58.9 Å². The molecule has 19 heavy (non-hydrogen) atoms. The molecule has 0 bridgehead atoms. The van der Waals surface area contributed by atoms with Gasteiger partial charge < -0.3 is 5.73 Å². The summed E-state index contributed by atoms with van der Waals surface area (Å²) < 4.78 is 0. The van der Waals surface area contributed by atoms with Crippen molar-refractivity contribution in [1.29, 1.82) is 0 Å². The summed E-state index contributed by atoms with van der Waals surface area (Å²) in [5, 5.41) is 0. The van der Waals surface area contributed by atoms with Crippen LogP contribution in [0.2, 0.25) is 0 Å². The smallest absolute Gasteiger partial charge is 0.0274 e. The van der Waals surface area contributed by atoms with E-state index in [2.05, 4.69) is 45.5 Å². The van der Waals surface area contributed by atoms with Crippen LogP contribution in [0, 0.1) is 5.92 Å². The van der Waals surface area contributed by atoms with Crippen LogP contribution in [-0.2, 0) is 6.42 Å². The van der Waals surface area contributed by atoms with E-state index in [-0.39, 0.29) is 6.04 Å². The molecule has 2 atom stereocenters. The Balaban J connectivity index is 2.95. The third-order valence-electron chi connectivity index (χ3n) is 3.96. The van der Waals surface area contributed by atoms with Gasteiger partial charge in [-0.25, -0.2) is 0 Å². The molecule has 0 aliphatic rings. The first-order valence-corrected chi connectivity index (χ1v) is 7.63. The second-order valence-corrected chi connectivity index (χ2v) is 5.53. The quantitative estimate of drug-likeness (QED) is 0.690. The molecule has 0 saturated carbocycles. The lowest BCUT2D eigenvalue weighted by atomic mass is 9.86. The van der Waals surface area contributed by atoms with E-state index in [1.165, 1.54) is 42.4 Å². The van der Waals surface area contributed by atoms with Gasteiger partial charge in [-0.15, -0.1) is 0 Å². The molecule has 0 radical (unpaired) electrons. The lowest BCUT2D eigenvalue weighted by molar-refractivity contribution is 0.447. The number of rotatable bonds is 8. The van der Waals surface area contributed by atoms with Crippen molar-refractivity contribution in [1.82, 2.24) is 0 Å². The van der Waals surface area contributed by atoms with Crippen LogP contribution < -0.4 is 5.73 Å². The molecule has 0 aliphatic heterocycles. The molecule has 2 N–H and O–H groups in total. The van der Waals surface area contributed by atoms with E-state index in [1.54, 1.807) is 0 Å². The van der Waals surface area contributed by atoms with Crippen molar-refractivity contribution < 1.29 is 0 Å². The second-order valence-electron chi connectivity index (χ2n) is 5.53. The fourth-order valence-corrected chi connectivity index (χ4v) is 2.80. The van der Waals surface area contributed by atoms with E-state index in [9.17, 15) is 0 Å². The van der Waals surface area contributed by atoms with Crippen molar-refractivity contribution in [2.24, 2.45) is 11.7 Å². The molecule has 0 fully saturated rings. The molecule has 1 rings (SSSR count). The van der Waals surface area contributed by atoms with Crippen LogP contribution in [0.25, 0.3) is 6.08 Å². The summed E-state index contributed by atoms with van der Waals surface area (Å²) in [6, 6.07) is 6.56. The second kappa shape index (κ2) is 8.16. The molecule has 106 valence electrons. The monoisotopic (exact) mass is 259 g/mol. The van der Waals surface area contributed by atoms with Crippen molar-refractivity contribution in [2.75, 3.05) is 0 Å². The standard InChI is InChI=1S/C18H29N/c1-5-8-10-15(6-2)13-17-12-9-11-16(7-3)18(17)14(4)19/h7,9,11-12,14-15H,3,5-6,8,10,13,19H2,1-2,4H3. The molecule has 1 aromatic rings. The maximum absolute atomic E-state index is 6.16. The van der Waals surface area contributed by atoms with Gasteiger partial charge in [-0.05, 0) is 36.0 Å². The van der Waals surface area contributed by atoms with E-state index < -0.39 is 0 Å². The first-order chi connectivity index (χ1) is 9.13. The zero-order valence-corrected chi connectivity index (χ0v) is 12.8. The third-order valence-corrected chi connectivity index (χ3v) is 3.96. The van der Waals surface area contributed by atoms with Gasteiger partial charge in [0.05, 0.1) is 0 Å². The number of hydrogen-bond donors (Lipinski definition) is 1. The van der Waals surface area contributed by atoms with Crippen molar-refractivity contribution in [3.8, 4) is 0 Å². The summed E-state index contributed by atoms with van der Waals surface area (Å²) in [6.45, 7) is 10.5. The SMILES string of the molecule is C=Cc1cccc(CC(CC)CCCC)c1C(C)N. The predicted molar refractivity (Wildman–Crippen MR) is 86.1 cm³/mol. The molecule has 0 saturated heterocycles. The van der Waals surface area contributed by atoms with Gasteiger partial charge in [0.15, 0.2) is 0 Å². The Morgan fingerprint density at radius 3 is 2.58 bits per heavy atom. The summed E-state index contributed by atoms with van der Waals surface area (Å²) >= 11 is 0. The van der Waals surface area contributed by atoms with Crippen LogP contribution in [0.3, 0.4) is 0 Å². The van der Waals surface area contributed by atoms with Crippen molar-refractivity contribution >= 4 is 6.08 Å². The van der Waals surface area contributed by atoms with Gasteiger partial charge in [0.1, 0.15) is 0 Å². The predicted octanol–water partition coefficient (Wildman–Crippen LogP) is 5.11. The Bertz CT molecular complexity index is 393. The van der Waals surface area contributed by atoms with Crippen LogP contribution in [0.5, 0.6) is 0 Å². The Kier molecular flexibility index (Phi) is 6.86. The summed E-state index contributed by atoms with van der Waals surface area (Å²) in [5.41, 5.74) is 10.0. The highest BCUT2D eigenvalue weighted by Gasteiger charge is 2.14. The number of benzene rings is 1. The molecular formula is C18H29N. The summed E-state index contributed by atoms with van der Waals surface area (Å²) in [4.78, 5) is 0. The maximum atomic E-state index is 6.16. The van der Waals surface area contributed by atoms with E-state index in [0.29, 0.717) is 0 Å². The van der Waals surface area contributed by atoms with Crippen LogP contribution in [-0.4, -0.2) is 0 Å². The van der Waals surface area contributed by atoms with E-state index in [0.717, 1.165) is 12.3 Å². The van der Waals surface area contributed by atoms with Gasteiger partial charge in [0, 0.05) is 6.04 Å². The summed E-state index contributed by atoms with van der Waals surface area (Å²) in [5.74, 6) is 0.775. The fraction of sp³-hybridized carbons (Fsp3) is 0.556. The zero-order chi connectivity index (χ0) is 14.3. The Labute approximate surface area is 118 Å². The number of hydrogen-bond acceptors (Lipinski definition) is 1. The summed E-state index contributed by atoms with van der Waals surface area (Å²) in [7, 11) is 0. The minimum absolute atomic E-state index is 0.0767. The lowest BCUT2D eigenvalue weighted by Crippen LogP contribution is -2.13. The van der Waals surface area contributed by atoms with E-state index in [1.807, 2.05) is 6.08 Å². The van der Waals surface area contributed by atoms with Gasteiger partial charge in [-0.3, -0.25) is 0 Å². The lowest BCUT2D eigenvalue weighted by Gasteiger charge is -2.20. The van der Waals surface area contributed by atoms with Gasteiger partial charge in [0.2, 0.25) is 0 Å². The largest absolute Gasteiger partial charge is 0.324 e. The van der Waals surface area contributed by atoms with Crippen LogP contribution in [0.4, 0.5) is 0 Å². The molecule has 0 spiro atoms. The van der Waals surface area contributed by atoms with Crippen LogP contribution in [0.15, 0.2) is 24.8 Å². The Morgan fingerprint density at radius 2 is 2.05 bits per heavy atom. The molecule has 1 nitrogen and oxygen atoms in total. The van der Waals surface area contributed by atoms with E-state index >= 15 is 0 Å². The maximum Gasteiger partial charge on any atom is 0.0274 e. The molecule has 2 unspecified atom stereocenters. The van der Waals surface area contributed by atoms with Gasteiger partial charge in [0.25, 0.3) is 0 Å². The first-order valence-electron chi connectivity index (χ1n) is 7.63. The topological polar surface area (TPSA) is 26.0 Å². The average Bonchev–Trinajstić information content (AvgIpc) is 2.42. The molecule has 0 aromatic heterocycles. The zero-order valence-electron chi connectivity index (χ0n) is 12.8. The highest BCUT2D eigenvalue weighted by atomic mass is 14.6. The molecule has 0 aliphatic carbocycles. The molecule has 0 amide bonds. The highest BCUT2D eigenvalue weighted by Crippen LogP contribution is 2.27. The molecule has 0 heterocycles. The fourth-order valence-electron chi connectivity index (χ4n) is 2.80. The Morgan fingerprint density at radius 1 is 1.32 bits per heavy atom. The highest BCUT2D eigenvalue weighted by molar-refractivity contribution is 5.55. The number of nitrogens with two attached hydrogens (primary N) is 1. The molecule has 1 aromatic carbocycles. The Hall–Kier alpha value is -1.08. The third kappa shape index (κ3) is 4.50. The molecular weight excluding hydrogens is 230 g/mol. The average molecular weight is 259 g/mol. The number of unbranched alkanes of at least 4 members (excludes halogenated alkanes) is 1. The summed E-state index contributed by atoms with van der Waals surface area (Å²) in [6.07, 6.45) is 8.25. The minimum atomic E-state index is 0.0767. The van der Waals surface area contributed by atoms with E-state index in [4.69, 9.17) is 5.73 Å². The minimum Gasteiger partial charge on any atom is -0.324 e. The van der Waals surface area contributed by atoms with Gasteiger partial charge in [-0.2, -0.15) is 0 Å². The molecule has 1 heteroatoms. The van der Waals surface area contributed by atoms with Crippen molar-refractivity contribution in [3.63, 3.8) is 0 Å². The van der Waals surface area contributed by atoms with Gasteiger partial charge >= 0.3 is 0 Å². The normalized spacial score (nSPS) is 14.1. The first kappa shape index (κ1) is 16.0. The van der Waals surface area contributed by atoms with Gasteiger partial charge in [-0.1, -0.05) is 70.4 Å². The van der Waals surface area contributed by atoms with Crippen LogP contribution >= 0.6 is 0 Å².